The number of allylic oxidation sites excluding steroid dienone is 2. The second kappa shape index (κ2) is 14.7. The lowest BCUT2D eigenvalue weighted by atomic mass is 9.42. The topological polar surface area (TPSA) is 47.9 Å². The number of ether oxygens (including phenoxy) is 1. The predicted molar refractivity (Wildman–Crippen MR) is 220 cm³/mol. The molecule has 1 aromatic rings. The van der Waals surface area contributed by atoms with E-state index in [2.05, 4.69) is 132 Å². The van der Waals surface area contributed by atoms with Crippen LogP contribution in [0, 0.1) is 45.8 Å². The highest BCUT2D eigenvalue weighted by atomic mass is 28.4. The lowest BCUT2D eigenvalue weighted by Gasteiger charge is -2.65. The van der Waals surface area contributed by atoms with Gasteiger partial charge in [0.2, 0.25) is 0 Å². The van der Waals surface area contributed by atoms with E-state index in [0.717, 1.165) is 24.9 Å². The number of aliphatic hydroxyl groups is 1. The molecular weight excluding hydrogens is 661 g/mol. The first-order chi connectivity index (χ1) is 23.5. The van der Waals surface area contributed by atoms with Crippen LogP contribution in [0.5, 0.6) is 0 Å². The summed E-state index contributed by atoms with van der Waals surface area (Å²) < 4.78 is 20.6. The Morgan fingerprint density at radius 3 is 2.16 bits per heavy atom. The molecule has 4 nitrogen and oxygen atoms in total. The zero-order valence-corrected chi connectivity index (χ0v) is 37.5. The van der Waals surface area contributed by atoms with Crippen LogP contribution < -0.4 is 0 Å². The summed E-state index contributed by atoms with van der Waals surface area (Å²) in [7, 11) is -3.79. The Morgan fingerprint density at radius 2 is 1.53 bits per heavy atom. The molecule has 0 saturated heterocycles. The number of fused-ring (bicyclic) bond motifs is 5. The van der Waals surface area contributed by atoms with Gasteiger partial charge in [0.05, 0.1) is 25.4 Å². The molecule has 290 valence electrons. The number of aliphatic hydroxyl groups excluding tert-OH is 1. The molecule has 0 aromatic heterocycles. The molecular formula is C45H78O4Si2. The molecule has 1 aromatic carbocycles. The molecule has 0 spiro atoms. The van der Waals surface area contributed by atoms with Crippen LogP contribution in [-0.2, 0) is 20.2 Å². The minimum Gasteiger partial charge on any atom is -0.417 e. The molecule has 5 rings (SSSR count). The number of hydrogen-bond donors (Lipinski definition) is 1. The van der Waals surface area contributed by atoms with Crippen LogP contribution in [0.15, 0.2) is 42.0 Å². The summed E-state index contributed by atoms with van der Waals surface area (Å²) in [6, 6.07) is 10.5. The fourth-order valence-corrected chi connectivity index (χ4v) is 13.6. The van der Waals surface area contributed by atoms with E-state index in [1.165, 1.54) is 44.1 Å². The predicted octanol–water partition coefficient (Wildman–Crippen LogP) is 12.2. The van der Waals surface area contributed by atoms with E-state index in [4.69, 9.17) is 13.6 Å². The molecule has 0 radical (unpaired) electrons. The molecule has 4 aliphatic carbocycles. The lowest BCUT2D eigenvalue weighted by molar-refractivity contribution is -0.204. The summed E-state index contributed by atoms with van der Waals surface area (Å²) in [4.78, 5) is 0. The van der Waals surface area contributed by atoms with Crippen LogP contribution in [0.4, 0.5) is 0 Å². The average molecular weight is 739 g/mol. The highest BCUT2D eigenvalue weighted by Crippen LogP contribution is 2.69. The quantitative estimate of drug-likeness (QED) is 0.132. The second-order valence-electron chi connectivity index (χ2n) is 21.5. The van der Waals surface area contributed by atoms with E-state index < -0.39 is 22.7 Å². The Labute approximate surface area is 316 Å². The monoisotopic (exact) mass is 739 g/mol. The Bertz CT molecular complexity index is 1360. The van der Waals surface area contributed by atoms with E-state index in [1.807, 2.05) is 0 Å². The van der Waals surface area contributed by atoms with Gasteiger partial charge in [-0.1, -0.05) is 111 Å². The second-order valence-corrected chi connectivity index (χ2v) is 31.1. The van der Waals surface area contributed by atoms with E-state index in [-0.39, 0.29) is 27.0 Å². The molecule has 0 heterocycles. The van der Waals surface area contributed by atoms with Gasteiger partial charge in [-0.15, -0.1) is 0 Å². The van der Waals surface area contributed by atoms with Crippen LogP contribution in [-0.4, -0.2) is 47.2 Å². The Kier molecular flexibility index (Phi) is 11.9. The van der Waals surface area contributed by atoms with Gasteiger partial charge < -0.3 is 18.7 Å². The first-order valence-electron chi connectivity index (χ1n) is 20.8. The maximum atomic E-state index is 12.1. The molecule has 3 fully saturated rings. The van der Waals surface area contributed by atoms with Gasteiger partial charge in [0.25, 0.3) is 0 Å². The Balaban J connectivity index is 1.39. The van der Waals surface area contributed by atoms with Crippen molar-refractivity contribution in [3.8, 4) is 0 Å². The lowest BCUT2D eigenvalue weighted by Crippen LogP contribution is -2.66. The normalized spacial score (nSPS) is 36.6. The molecule has 6 heteroatoms. The molecule has 51 heavy (non-hydrogen) atoms. The van der Waals surface area contributed by atoms with Crippen molar-refractivity contribution in [2.75, 3.05) is 13.2 Å². The van der Waals surface area contributed by atoms with Gasteiger partial charge in [0.1, 0.15) is 0 Å². The third-order valence-corrected chi connectivity index (χ3v) is 25.5. The largest absolute Gasteiger partial charge is 0.417 e. The van der Waals surface area contributed by atoms with Crippen molar-refractivity contribution in [3.05, 3.63) is 47.5 Å². The molecule has 3 saturated carbocycles. The minimum atomic E-state index is -2.09. The van der Waals surface area contributed by atoms with Crippen LogP contribution in [0.25, 0.3) is 0 Å². The van der Waals surface area contributed by atoms with Crippen molar-refractivity contribution in [2.24, 2.45) is 45.8 Å². The first-order valence-corrected chi connectivity index (χ1v) is 26.6. The molecule has 4 aliphatic rings. The highest BCUT2D eigenvalue weighted by molar-refractivity contribution is 6.74. The fourth-order valence-electron chi connectivity index (χ4n) is 11.1. The number of rotatable bonds is 12. The molecule has 0 aliphatic heterocycles. The van der Waals surface area contributed by atoms with Crippen molar-refractivity contribution in [3.63, 3.8) is 0 Å². The van der Waals surface area contributed by atoms with Crippen molar-refractivity contribution in [2.45, 2.75) is 176 Å². The summed E-state index contributed by atoms with van der Waals surface area (Å²) in [5.41, 5.74) is 2.93. The molecule has 1 N–H and O–H groups in total. The van der Waals surface area contributed by atoms with Crippen molar-refractivity contribution >= 4 is 16.6 Å². The third kappa shape index (κ3) is 7.73. The van der Waals surface area contributed by atoms with E-state index in [0.29, 0.717) is 42.8 Å². The zero-order valence-electron chi connectivity index (χ0n) is 35.5. The summed E-state index contributed by atoms with van der Waals surface area (Å²) >= 11 is 0. The van der Waals surface area contributed by atoms with Crippen molar-refractivity contribution < 1.29 is 18.7 Å². The average Bonchev–Trinajstić information content (AvgIpc) is 3.39. The van der Waals surface area contributed by atoms with Gasteiger partial charge in [-0.25, -0.2) is 0 Å². The molecule has 0 bridgehead atoms. The fraction of sp³-hybridized carbons (Fsp3) is 0.822. The van der Waals surface area contributed by atoms with Crippen LogP contribution in [0.2, 0.25) is 36.3 Å². The van der Waals surface area contributed by atoms with Gasteiger partial charge in [0.15, 0.2) is 16.6 Å². The Hall–Kier alpha value is -0.766. The van der Waals surface area contributed by atoms with Gasteiger partial charge in [-0.05, 0) is 128 Å². The summed E-state index contributed by atoms with van der Waals surface area (Å²) in [5, 5.41) is 12.5. The van der Waals surface area contributed by atoms with E-state index in [9.17, 15) is 5.11 Å². The SMILES string of the molecule is C[C@H](CCCO[Si](C)(C)C(C)(C)C)[C@H]1CC[C@H]2C3=CC[C@H]4[C@](C)(COCc5ccccc5)[C@@H](O)C[C@@H](O[Si](C)(C)C(C)(C)C)[C@]4(C)[C@H]3CC[C@]12C. The zero-order chi connectivity index (χ0) is 37.8. The minimum absolute atomic E-state index is 0.0458. The van der Waals surface area contributed by atoms with Crippen LogP contribution in [0.3, 0.4) is 0 Å². The Morgan fingerprint density at radius 1 is 0.882 bits per heavy atom. The van der Waals surface area contributed by atoms with E-state index in [1.54, 1.807) is 5.57 Å². The number of benzene rings is 1. The van der Waals surface area contributed by atoms with Crippen molar-refractivity contribution in [1.29, 1.82) is 0 Å². The smallest absolute Gasteiger partial charge is 0.192 e. The first kappa shape index (κ1) is 41.4. The maximum absolute atomic E-state index is 12.1. The molecule has 0 unspecified atom stereocenters. The van der Waals surface area contributed by atoms with Crippen LogP contribution in [0.1, 0.15) is 126 Å². The van der Waals surface area contributed by atoms with Crippen molar-refractivity contribution in [1.82, 2.24) is 0 Å². The molecule has 0 amide bonds. The third-order valence-electron chi connectivity index (χ3n) is 16.5. The summed E-state index contributed by atoms with van der Waals surface area (Å²) in [5.74, 6) is 2.95. The van der Waals surface area contributed by atoms with Gasteiger partial charge in [0, 0.05) is 17.4 Å². The standard InChI is InChI=1S/C45H78O4Si2/c1-32(19-18-28-48-50(11,12)41(2,3)4)35-23-24-36-34-22-25-38-44(9,31-47-30-33-20-16-15-17-21-33)39(46)29-40(49-51(13,14)42(5,6)7)45(38,10)37(34)26-27-43(35,36)8/h15-17,20-22,32,35-40,46H,18-19,23-31H2,1-14H3/t32-,35-,36+,37+,38+,39+,40-,43-,44+,45-/m1/s1. The van der Waals surface area contributed by atoms with Gasteiger partial charge >= 0.3 is 0 Å². The van der Waals surface area contributed by atoms with Gasteiger partial charge in [-0.2, -0.15) is 0 Å². The van der Waals surface area contributed by atoms with E-state index >= 15 is 0 Å². The molecule has 10 atom stereocenters. The van der Waals surface area contributed by atoms with Crippen LogP contribution >= 0.6 is 0 Å². The summed E-state index contributed by atoms with van der Waals surface area (Å²) in [6.45, 7) is 35.9. The summed E-state index contributed by atoms with van der Waals surface area (Å²) in [6.07, 6.45) is 11.7. The maximum Gasteiger partial charge on any atom is 0.192 e. The highest BCUT2D eigenvalue weighted by Gasteiger charge is 2.66. The number of hydrogen-bond acceptors (Lipinski definition) is 4. The van der Waals surface area contributed by atoms with Gasteiger partial charge in [-0.3, -0.25) is 0 Å².